The fourth-order valence-corrected chi connectivity index (χ4v) is 1.51. The van der Waals surface area contributed by atoms with Crippen molar-refractivity contribution in [3.63, 3.8) is 0 Å². The van der Waals surface area contributed by atoms with Gasteiger partial charge >= 0.3 is 0 Å². The highest BCUT2D eigenvalue weighted by atomic mass is 16.3. The molecule has 0 aliphatic heterocycles. The first-order valence-corrected chi connectivity index (χ1v) is 3.93. The van der Waals surface area contributed by atoms with Crippen LogP contribution < -0.4 is 0 Å². The third kappa shape index (κ3) is 1.75. The summed E-state index contributed by atoms with van der Waals surface area (Å²) >= 11 is 0. The van der Waals surface area contributed by atoms with E-state index in [2.05, 4.69) is 5.92 Å². The molecule has 56 valence electrons. The molecular formula is C9H14O. The van der Waals surface area contributed by atoms with Crippen LogP contribution in [-0.4, -0.2) is 11.7 Å². The van der Waals surface area contributed by atoms with Crippen LogP contribution in [-0.2, 0) is 0 Å². The quantitative estimate of drug-likeness (QED) is 0.543. The molecule has 0 aromatic heterocycles. The number of hydrogen-bond donors (Lipinski definition) is 1. The summed E-state index contributed by atoms with van der Waals surface area (Å²) in [6.07, 6.45) is 9.74. The SMILES string of the molecule is C#C[C@H]1CC[C@@H](CO)CC1. The van der Waals surface area contributed by atoms with E-state index in [0.717, 1.165) is 25.7 Å². The Bertz CT molecular complexity index is 126. The van der Waals surface area contributed by atoms with Crippen LogP contribution in [0.4, 0.5) is 0 Å². The van der Waals surface area contributed by atoms with Gasteiger partial charge in [0, 0.05) is 12.5 Å². The molecule has 10 heavy (non-hydrogen) atoms. The van der Waals surface area contributed by atoms with E-state index >= 15 is 0 Å². The van der Waals surface area contributed by atoms with Crippen molar-refractivity contribution >= 4 is 0 Å². The fraction of sp³-hybridized carbons (Fsp3) is 0.778. The van der Waals surface area contributed by atoms with E-state index in [4.69, 9.17) is 11.5 Å². The molecule has 1 fully saturated rings. The molecule has 1 heteroatoms. The Morgan fingerprint density at radius 3 is 2.30 bits per heavy atom. The molecule has 0 radical (unpaired) electrons. The van der Waals surface area contributed by atoms with Crippen LogP contribution in [0.3, 0.4) is 0 Å². The van der Waals surface area contributed by atoms with Crippen LogP contribution in [0.5, 0.6) is 0 Å². The molecule has 0 aromatic rings. The first-order chi connectivity index (χ1) is 4.86. The van der Waals surface area contributed by atoms with Crippen LogP contribution >= 0.6 is 0 Å². The van der Waals surface area contributed by atoms with E-state index in [1.807, 2.05) is 0 Å². The Balaban J connectivity index is 2.25. The normalized spacial score (nSPS) is 33.2. The van der Waals surface area contributed by atoms with Crippen molar-refractivity contribution in [3.8, 4) is 12.3 Å². The minimum Gasteiger partial charge on any atom is -0.396 e. The third-order valence-corrected chi connectivity index (χ3v) is 2.34. The highest BCUT2D eigenvalue weighted by molar-refractivity contribution is 4.94. The molecular weight excluding hydrogens is 124 g/mol. The lowest BCUT2D eigenvalue weighted by molar-refractivity contribution is 0.179. The van der Waals surface area contributed by atoms with Gasteiger partial charge in [0.1, 0.15) is 0 Å². The van der Waals surface area contributed by atoms with Gasteiger partial charge in [-0.3, -0.25) is 0 Å². The zero-order valence-electron chi connectivity index (χ0n) is 6.21. The highest BCUT2D eigenvalue weighted by Crippen LogP contribution is 2.27. The second-order valence-corrected chi connectivity index (χ2v) is 3.07. The number of hydrogen-bond acceptors (Lipinski definition) is 1. The Morgan fingerprint density at radius 1 is 1.30 bits per heavy atom. The maximum absolute atomic E-state index is 8.80. The molecule has 0 atom stereocenters. The second-order valence-electron chi connectivity index (χ2n) is 3.07. The summed E-state index contributed by atoms with van der Waals surface area (Å²) in [5, 5.41) is 8.80. The molecule has 1 rings (SSSR count). The van der Waals surface area contributed by atoms with Gasteiger partial charge in [-0.1, -0.05) is 0 Å². The molecule has 0 heterocycles. The molecule has 0 bridgehead atoms. The van der Waals surface area contributed by atoms with Crippen molar-refractivity contribution in [3.05, 3.63) is 0 Å². The van der Waals surface area contributed by atoms with Gasteiger partial charge in [0.25, 0.3) is 0 Å². The van der Waals surface area contributed by atoms with Crippen molar-refractivity contribution in [2.24, 2.45) is 11.8 Å². The molecule has 0 amide bonds. The standard InChI is InChI=1S/C9H14O/c1-2-8-3-5-9(7-10)6-4-8/h1,8-10H,3-7H2/t8-,9+. The zero-order chi connectivity index (χ0) is 7.40. The first-order valence-electron chi connectivity index (χ1n) is 3.93. The van der Waals surface area contributed by atoms with Gasteiger partial charge in [0.05, 0.1) is 0 Å². The van der Waals surface area contributed by atoms with Gasteiger partial charge in [-0.05, 0) is 31.6 Å². The Hall–Kier alpha value is -0.480. The minimum atomic E-state index is 0.345. The summed E-state index contributed by atoms with van der Waals surface area (Å²) in [7, 11) is 0. The van der Waals surface area contributed by atoms with Gasteiger partial charge in [0.15, 0.2) is 0 Å². The Kier molecular flexibility index (Phi) is 2.77. The van der Waals surface area contributed by atoms with Crippen LogP contribution in [0.1, 0.15) is 25.7 Å². The second kappa shape index (κ2) is 3.63. The average molecular weight is 138 g/mol. The maximum Gasteiger partial charge on any atom is 0.0459 e. The van der Waals surface area contributed by atoms with Crippen molar-refractivity contribution in [2.45, 2.75) is 25.7 Å². The zero-order valence-corrected chi connectivity index (χ0v) is 6.21. The summed E-state index contributed by atoms with van der Waals surface area (Å²) < 4.78 is 0. The molecule has 0 unspecified atom stereocenters. The lowest BCUT2D eigenvalue weighted by Gasteiger charge is -2.23. The molecule has 1 saturated carbocycles. The van der Waals surface area contributed by atoms with E-state index < -0.39 is 0 Å². The number of terminal acetylenes is 1. The van der Waals surface area contributed by atoms with E-state index in [1.54, 1.807) is 0 Å². The predicted molar refractivity (Wildman–Crippen MR) is 41.4 cm³/mol. The largest absolute Gasteiger partial charge is 0.396 e. The molecule has 1 N–H and O–H groups in total. The van der Waals surface area contributed by atoms with Crippen LogP contribution in [0.15, 0.2) is 0 Å². The van der Waals surface area contributed by atoms with E-state index in [0.29, 0.717) is 18.4 Å². The lowest BCUT2D eigenvalue weighted by Crippen LogP contribution is -2.15. The van der Waals surface area contributed by atoms with Gasteiger partial charge in [-0.2, -0.15) is 0 Å². The van der Waals surface area contributed by atoms with Gasteiger partial charge in [-0.15, -0.1) is 12.3 Å². The van der Waals surface area contributed by atoms with Crippen LogP contribution in [0.25, 0.3) is 0 Å². The van der Waals surface area contributed by atoms with Crippen LogP contribution in [0, 0.1) is 24.2 Å². The van der Waals surface area contributed by atoms with E-state index in [9.17, 15) is 0 Å². The van der Waals surface area contributed by atoms with E-state index in [1.165, 1.54) is 0 Å². The lowest BCUT2D eigenvalue weighted by atomic mass is 9.83. The fourth-order valence-electron chi connectivity index (χ4n) is 1.51. The summed E-state index contributed by atoms with van der Waals surface area (Å²) in [6.45, 7) is 0.345. The van der Waals surface area contributed by atoms with Gasteiger partial charge in [0.2, 0.25) is 0 Å². The molecule has 1 nitrogen and oxygen atoms in total. The van der Waals surface area contributed by atoms with Crippen molar-refractivity contribution in [2.75, 3.05) is 6.61 Å². The molecule has 1 aliphatic rings. The average Bonchev–Trinajstić information content (AvgIpc) is 2.05. The Labute approximate surface area is 62.4 Å². The molecule has 0 spiro atoms. The van der Waals surface area contributed by atoms with Gasteiger partial charge in [-0.25, -0.2) is 0 Å². The smallest absolute Gasteiger partial charge is 0.0459 e. The summed E-state index contributed by atoms with van der Waals surface area (Å²) in [5.74, 6) is 3.79. The number of aliphatic hydroxyl groups is 1. The number of aliphatic hydroxyl groups excluding tert-OH is 1. The Morgan fingerprint density at radius 2 is 1.90 bits per heavy atom. The molecule has 0 aromatic carbocycles. The minimum absolute atomic E-state index is 0.345. The van der Waals surface area contributed by atoms with Crippen molar-refractivity contribution < 1.29 is 5.11 Å². The first kappa shape index (κ1) is 7.63. The topological polar surface area (TPSA) is 20.2 Å². The maximum atomic E-state index is 8.80. The van der Waals surface area contributed by atoms with Crippen LogP contribution in [0.2, 0.25) is 0 Å². The monoisotopic (exact) mass is 138 g/mol. The predicted octanol–water partition coefficient (Wildman–Crippen LogP) is 1.42. The van der Waals surface area contributed by atoms with Gasteiger partial charge < -0.3 is 5.11 Å². The molecule has 1 aliphatic carbocycles. The molecule has 0 saturated heterocycles. The van der Waals surface area contributed by atoms with Crippen molar-refractivity contribution in [1.82, 2.24) is 0 Å². The number of rotatable bonds is 1. The summed E-state index contributed by atoms with van der Waals surface area (Å²) in [4.78, 5) is 0. The summed E-state index contributed by atoms with van der Waals surface area (Å²) in [6, 6.07) is 0. The van der Waals surface area contributed by atoms with E-state index in [-0.39, 0.29) is 0 Å². The highest BCUT2D eigenvalue weighted by Gasteiger charge is 2.18. The summed E-state index contributed by atoms with van der Waals surface area (Å²) in [5.41, 5.74) is 0. The van der Waals surface area contributed by atoms with Crippen molar-refractivity contribution in [1.29, 1.82) is 0 Å². The third-order valence-electron chi connectivity index (χ3n) is 2.34.